The Hall–Kier alpha value is -5.25. The fourth-order valence-electron chi connectivity index (χ4n) is 4.53. The first-order valence-corrected chi connectivity index (χ1v) is 11.7. The minimum absolute atomic E-state index is 0.158. The molecule has 1 aromatic heterocycles. The number of carbonyl (C=O) groups excluding carboxylic acids is 4. The standard InChI is InChI=1S/C28H23N5O5/c1-28(26(37)38-2)21(23(34)24(35)29-17-11-5-3-6-12-17)22(25(36)33(28)18-13-7-4-8-14-18)32-27-30-19-15-9-10-16-20(19)31-27/h3-16H,1-2H3,(H,29,35)(H2,30,31,32)/t28-/m1/s1. The highest BCUT2D eigenvalue weighted by molar-refractivity contribution is 6.50. The lowest BCUT2D eigenvalue weighted by Gasteiger charge is -2.34. The average Bonchev–Trinajstić information content (AvgIpc) is 3.44. The Balaban J connectivity index is 1.66. The molecular formula is C28H23N5O5. The van der Waals surface area contributed by atoms with Crippen molar-refractivity contribution in [3.05, 3.63) is 96.2 Å². The average molecular weight is 510 g/mol. The smallest absolute Gasteiger partial charge is 0.336 e. The second-order valence-electron chi connectivity index (χ2n) is 8.67. The Morgan fingerprint density at radius 3 is 2.21 bits per heavy atom. The van der Waals surface area contributed by atoms with E-state index in [4.69, 9.17) is 4.74 Å². The van der Waals surface area contributed by atoms with Crippen molar-refractivity contribution in [1.29, 1.82) is 0 Å². The lowest BCUT2D eigenvalue weighted by molar-refractivity contribution is -0.146. The van der Waals surface area contributed by atoms with Crippen molar-refractivity contribution < 1.29 is 23.9 Å². The highest BCUT2D eigenvalue weighted by Crippen LogP contribution is 2.41. The van der Waals surface area contributed by atoms with Crippen molar-refractivity contribution in [2.75, 3.05) is 22.6 Å². The number of hydrogen-bond donors (Lipinski definition) is 3. The van der Waals surface area contributed by atoms with Gasteiger partial charge in [0.1, 0.15) is 5.70 Å². The molecule has 4 aromatic rings. The number of fused-ring (bicyclic) bond motifs is 1. The number of Topliss-reactive ketones (excluding diaryl/α,β-unsaturated/α-hetero) is 1. The van der Waals surface area contributed by atoms with Crippen LogP contribution in [0.3, 0.4) is 0 Å². The van der Waals surface area contributed by atoms with Crippen molar-refractivity contribution in [2.45, 2.75) is 12.5 Å². The van der Waals surface area contributed by atoms with Crippen LogP contribution in [0.1, 0.15) is 6.92 Å². The predicted octanol–water partition coefficient (Wildman–Crippen LogP) is 3.42. The number of nitrogens with one attached hydrogen (secondary N) is 3. The third-order valence-corrected chi connectivity index (χ3v) is 6.30. The maximum Gasteiger partial charge on any atom is 0.336 e. The number of aromatic nitrogens is 2. The minimum Gasteiger partial charge on any atom is -0.467 e. The number of esters is 1. The number of benzene rings is 3. The number of methoxy groups -OCH3 is 1. The lowest BCUT2D eigenvalue weighted by atomic mass is 9.88. The van der Waals surface area contributed by atoms with Gasteiger partial charge in [0.2, 0.25) is 5.95 Å². The molecule has 2 amide bonds. The van der Waals surface area contributed by atoms with Crippen LogP contribution in [0.4, 0.5) is 17.3 Å². The van der Waals surface area contributed by atoms with Gasteiger partial charge in [-0.15, -0.1) is 0 Å². The summed E-state index contributed by atoms with van der Waals surface area (Å²) in [5.74, 6) is -3.54. The van der Waals surface area contributed by atoms with E-state index in [1.807, 2.05) is 6.07 Å². The largest absolute Gasteiger partial charge is 0.467 e. The topological polar surface area (TPSA) is 133 Å². The molecule has 0 radical (unpaired) electrons. The van der Waals surface area contributed by atoms with E-state index in [9.17, 15) is 19.2 Å². The van der Waals surface area contributed by atoms with Crippen LogP contribution < -0.4 is 15.5 Å². The molecule has 0 fully saturated rings. The molecule has 190 valence electrons. The Kier molecular flexibility index (Phi) is 6.21. The van der Waals surface area contributed by atoms with Gasteiger partial charge in [0.25, 0.3) is 17.6 Å². The van der Waals surface area contributed by atoms with E-state index in [1.54, 1.807) is 78.9 Å². The maximum atomic E-state index is 13.9. The van der Waals surface area contributed by atoms with E-state index in [1.165, 1.54) is 6.92 Å². The Morgan fingerprint density at radius 2 is 1.55 bits per heavy atom. The summed E-state index contributed by atoms with van der Waals surface area (Å²) in [7, 11) is 1.15. The third kappa shape index (κ3) is 4.07. The van der Waals surface area contributed by atoms with Crippen molar-refractivity contribution in [1.82, 2.24) is 9.97 Å². The maximum absolute atomic E-state index is 13.9. The van der Waals surface area contributed by atoms with E-state index in [0.717, 1.165) is 12.0 Å². The molecule has 1 atom stereocenters. The van der Waals surface area contributed by atoms with Gasteiger partial charge in [0.05, 0.1) is 23.7 Å². The molecule has 5 rings (SSSR count). The molecule has 0 unspecified atom stereocenters. The van der Waals surface area contributed by atoms with Gasteiger partial charge in [0.15, 0.2) is 5.54 Å². The van der Waals surface area contributed by atoms with Crippen LogP contribution in [0.25, 0.3) is 11.0 Å². The summed E-state index contributed by atoms with van der Waals surface area (Å²) in [4.78, 5) is 62.8. The van der Waals surface area contributed by atoms with Gasteiger partial charge in [-0.2, -0.15) is 0 Å². The number of rotatable bonds is 7. The molecule has 0 aliphatic carbocycles. The zero-order valence-corrected chi connectivity index (χ0v) is 20.5. The number of aromatic amines is 1. The number of imidazole rings is 1. The molecule has 1 aliphatic heterocycles. The summed E-state index contributed by atoms with van der Waals surface area (Å²) in [6.45, 7) is 1.38. The summed E-state index contributed by atoms with van der Waals surface area (Å²) in [5, 5.41) is 5.41. The number of para-hydroxylation sites is 4. The van der Waals surface area contributed by atoms with E-state index in [2.05, 4.69) is 20.6 Å². The van der Waals surface area contributed by atoms with Crippen molar-refractivity contribution in [3.8, 4) is 0 Å². The summed E-state index contributed by atoms with van der Waals surface area (Å²) >= 11 is 0. The quantitative estimate of drug-likeness (QED) is 0.257. The van der Waals surface area contributed by atoms with Gasteiger partial charge < -0.3 is 20.4 Å². The van der Waals surface area contributed by atoms with Crippen LogP contribution >= 0.6 is 0 Å². The fourth-order valence-corrected chi connectivity index (χ4v) is 4.53. The molecule has 2 heterocycles. The van der Waals surface area contributed by atoms with Crippen LogP contribution in [-0.4, -0.2) is 46.2 Å². The van der Waals surface area contributed by atoms with E-state index >= 15 is 0 Å². The van der Waals surface area contributed by atoms with Crippen LogP contribution in [0.5, 0.6) is 0 Å². The van der Waals surface area contributed by atoms with Crippen LogP contribution in [-0.2, 0) is 23.9 Å². The number of ether oxygens (including phenoxy) is 1. The van der Waals surface area contributed by atoms with E-state index in [-0.39, 0.29) is 17.2 Å². The molecule has 0 saturated heterocycles. The first kappa shape index (κ1) is 24.4. The SMILES string of the molecule is COC(=O)[C@@]1(C)C(C(=O)C(=O)Nc2ccccc2)=C(Nc2nc3ccccc3[nH]2)C(=O)N1c1ccccc1. The summed E-state index contributed by atoms with van der Waals surface area (Å²) < 4.78 is 5.06. The number of hydrogen-bond acceptors (Lipinski definition) is 7. The van der Waals surface area contributed by atoms with Crippen molar-refractivity contribution in [2.24, 2.45) is 0 Å². The lowest BCUT2D eigenvalue weighted by Crippen LogP contribution is -2.55. The van der Waals surface area contributed by atoms with Gasteiger partial charge in [-0.05, 0) is 43.3 Å². The summed E-state index contributed by atoms with van der Waals surface area (Å²) in [5.41, 5.74) is -0.589. The van der Waals surface area contributed by atoms with Crippen LogP contribution in [0.2, 0.25) is 0 Å². The molecule has 0 bridgehead atoms. The zero-order chi connectivity index (χ0) is 26.9. The number of H-pyrrole nitrogens is 1. The normalized spacial score (nSPS) is 17.0. The predicted molar refractivity (Wildman–Crippen MR) is 141 cm³/mol. The molecule has 0 spiro atoms. The number of amides is 2. The monoisotopic (exact) mass is 509 g/mol. The second-order valence-corrected chi connectivity index (χ2v) is 8.67. The summed E-state index contributed by atoms with van der Waals surface area (Å²) in [6, 6.07) is 23.9. The van der Waals surface area contributed by atoms with Crippen molar-refractivity contribution >= 4 is 51.9 Å². The highest BCUT2D eigenvalue weighted by atomic mass is 16.5. The Morgan fingerprint density at radius 1 is 0.921 bits per heavy atom. The highest BCUT2D eigenvalue weighted by Gasteiger charge is 2.58. The molecule has 10 heteroatoms. The summed E-state index contributed by atoms with van der Waals surface area (Å²) in [6.07, 6.45) is 0. The first-order valence-electron chi connectivity index (χ1n) is 11.7. The van der Waals surface area contributed by atoms with E-state index < -0.39 is 29.1 Å². The zero-order valence-electron chi connectivity index (χ0n) is 20.5. The van der Waals surface area contributed by atoms with Gasteiger partial charge in [-0.1, -0.05) is 48.5 Å². The van der Waals surface area contributed by atoms with Crippen molar-refractivity contribution in [3.63, 3.8) is 0 Å². The third-order valence-electron chi connectivity index (χ3n) is 6.30. The minimum atomic E-state index is -1.97. The molecule has 38 heavy (non-hydrogen) atoms. The second kappa shape index (κ2) is 9.66. The molecule has 10 nitrogen and oxygen atoms in total. The number of carbonyl (C=O) groups is 4. The number of anilines is 3. The molecule has 3 N–H and O–H groups in total. The molecule has 3 aromatic carbocycles. The van der Waals surface area contributed by atoms with Crippen LogP contribution in [0.15, 0.2) is 96.2 Å². The van der Waals surface area contributed by atoms with Crippen LogP contribution in [0, 0.1) is 0 Å². The molecule has 1 aliphatic rings. The van der Waals surface area contributed by atoms with Gasteiger partial charge in [-0.3, -0.25) is 19.3 Å². The molecule has 0 saturated carbocycles. The van der Waals surface area contributed by atoms with Gasteiger partial charge in [0, 0.05) is 11.4 Å². The van der Waals surface area contributed by atoms with Gasteiger partial charge in [-0.25, -0.2) is 9.78 Å². The number of ketones is 1. The molecular weight excluding hydrogens is 486 g/mol. The fraction of sp³-hybridized carbons (Fsp3) is 0.107. The van der Waals surface area contributed by atoms with Gasteiger partial charge >= 0.3 is 5.97 Å². The number of nitrogens with zero attached hydrogens (tertiary/aromatic N) is 2. The Bertz CT molecular complexity index is 1560. The first-order chi connectivity index (χ1) is 18.3. The Labute approximate surface area is 217 Å². The van der Waals surface area contributed by atoms with E-state index in [0.29, 0.717) is 22.4 Å².